The van der Waals surface area contributed by atoms with Crippen LogP contribution in [0.5, 0.6) is 0 Å². The van der Waals surface area contributed by atoms with E-state index in [1.54, 1.807) is 13.0 Å². The highest BCUT2D eigenvalue weighted by Crippen LogP contribution is 2.23. The molecule has 1 N–H and O–H groups in total. The van der Waals surface area contributed by atoms with E-state index in [4.69, 9.17) is 9.26 Å². The summed E-state index contributed by atoms with van der Waals surface area (Å²) in [5.74, 6) is -0.182. The van der Waals surface area contributed by atoms with Gasteiger partial charge in [0.05, 0.1) is 0 Å². The van der Waals surface area contributed by atoms with Crippen molar-refractivity contribution in [3.8, 4) is 0 Å². The molecule has 1 aliphatic heterocycles. The molecule has 1 aromatic heterocycles. The number of ether oxygens (including phenoxy) is 1. The Labute approximate surface area is 112 Å². The zero-order valence-corrected chi connectivity index (χ0v) is 11.6. The number of hydrogen-bond donors (Lipinski definition) is 1. The molecule has 7 heteroatoms. The number of aromatic nitrogens is 1. The molecule has 2 rings (SSSR count). The maximum atomic E-state index is 11.9. The Kier molecular flexibility index (Phi) is 3.70. The van der Waals surface area contributed by atoms with Crippen LogP contribution < -0.4 is 5.32 Å². The van der Waals surface area contributed by atoms with Crippen molar-refractivity contribution in [3.05, 3.63) is 16.4 Å². The lowest BCUT2D eigenvalue weighted by molar-refractivity contribution is -0.153. The molecule has 2 heterocycles. The van der Waals surface area contributed by atoms with E-state index in [-0.39, 0.29) is 11.8 Å². The van der Waals surface area contributed by atoms with Gasteiger partial charge < -0.3 is 14.6 Å². The average molecular weight is 317 g/mol. The fourth-order valence-corrected chi connectivity index (χ4v) is 2.14. The van der Waals surface area contributed by atoms with Crippen molar-refractivity contribution in [3.63, 3.8) is 0 Å². The van der Waals surface area contributed by atoms with Crippen molar-refractivity contribution in [2.24, 2.45) is 5.92 Å². The van der Waals surface area contributed by atoms with Gasteiger partial charge >= 0.3 is 5.97 Å². The molecule has 1 aliphatic rings. The van der Waals surface area contributed by atoms with Crippen LogP contribution in [0, 0.1) is 5.92 Å². The van der Waals surface area contributed by atoms with Crippen molar-refractivity contribution in [1.29, 1.82) is 0 Å². The van der Waals surface area contributed by atoms with Crippen LogP contribution in [0.25, 0.3) is 0 Å². The quantitative estimate of drug-likeness (QED) is 0.856. The van der Waals surface area contributed by atoms with Crippen LogP contribution in [0.4, 0.5) is 0 Å². The van der Waals surface area contributed by atoms with Crippen LogP contribution in [0.15, 0.2) is 15.2 Å². The van der Waals surface area contributed by atoms with Crippen LogP contribution in [-0.2, 0) is 14.3 Å². The van der Waals surface area contributed by atoms with Crippen LogP contribution in [0.1, 0.15) is 32.1 Å². The fourth-order valence-electron chi connectivity index (χ4n) is 1.84. The largest absolute Gasteiger partial charge is 0.453 e. The molecule has 1 fully saturated rings. The summed E-state index contributed by atoms with van der Waals surface area (Å²) in [5, 5.41) is 6.25. The summed E-state index contributed by atoms with van der Waals surface area (Å²) in [6.45, 7) is 3.52. The second-order valence-electron chi connectivity index (χ2n) is 4.36. The second-order valence-corrected chi connectivity index (χ2v) is 5.17. The first-order valence-corrected chi connectivity index (χ1v) is 6.38. The second kappa shape index (κ2) is 5.09. The highest BCUT2D eigenvalue weighted by atomic mass is 79.9. The standard InChI is InChI=1S/C11H13BrN2O4/c1-5-3-9(15)13-10(5)11(16)17-6(2)7-4-8(12)14-18-7/h4-6,10H,3H2,1-2H3,(H,13,15). The van der Waals surface area contributed by atoms with Gasteiger partial charge in [-0.05, 0) is 28.8 Å². The molecule has 3 atom stereocenters. The number of esters is 1. The number of nitrogens with zero attached hydrogens (tertiary/aromatic N) is 1. The highest BCUT2D eigenvalue weighted by Gasteiger charge is 2.36. The van der Waals surface area contributed by atoms with E-state index >= 15 is 0 Å². The van der Waals surface area contributed by atoms with Crippen LogP contribution >= 0.6 is 15.9 Å². The van der Waals surface area contributed by atoms with Gasteiger partial charge in [-0.15, -0.1) is 0 Å². The van der Waals surface area contributed by atoms with Gasteiger partial charge in [0, 0.05) is 12.5 Å². The van der Waals surface area contributed by atoms with Gasteiger partial charge in [-0.25, -0.2) is 4.79 Å². The van der Waals surface area contributed by atoms with E-state index < -0.39 is 18.1 Å². The molecular weight excluding hydrogens is 304 g/mol. The third kappa shape index (κ3) is 2.72. The summed E-state index contributed by atoms with van der Waals surface area (Å²) < 4.78 is 10.8. The first kappa shape index (κ1) is 13.1. The van der Waals surface area contributed by atoms with Gasteiger partial charge in [-0.3, -0.25) is 4.79 Å². The molecule has 0 bridgehead atoms. The zero-order valence-electron chi connectivity index (χ0n) is 9.97. The first-order valence-electron chi connectivity index (χ1n) is 5.59. The molecule has 3 unspecified atom stereocenters. The minimum absolute atomic E-state index is 0.0568. The average Bonchev–Trinajstić information content (AvgIpc) is 2.84. The Morgan fingerprint density at radius 2 is 2.44 bits per heavy atom. The summed E-state index contributed by atoms with van der Waals surface area (Å²) in [5.41, 5.74) is 0. The third-order valence-corrected chi connectivity index (χ3v) is 3.21. The van der Waals surface area contributed by atoms with Gasteiger partial charge in [-0.2, -0.15) is 0 Å². The van der Waals surface area contributed by atoms with Crippen molar-refractivity contribution in [2.75, 3.05) is 0 Å². The minimum Gasteiger partial charge on any atom is -0.453 e. The molecule has 0 aliphatic carbocycles. The maximum absolute atomic E-state index is 11.9. The molecule has 6 nitrogen and oxygen atoms in total. The van der Waals surface area contributed by atoms with E-state index in [1.807, 2.05) is 6.92 Å². The van der Waals surface area contributed by atoms with Crippen LogP contribution in [0.3, 0.4) is 0 Å². The number of nitrogens with one attached hydrogen (secondary N) is 1. The Morgan fingerprint density at radius 3 is 2.94 bits per heavy atom. The normalized spacial score (nSPS) is 24.7. The lowest BCUT2D eigenvalue weighted by atomic mass is 10.0. The smallest absolute Gasteiger partial charge is 0.329 e. The van der Waals surface area contributed by atoms with Crippen molar-refractivity contribution in [2.45, 2.75) is 32.4 Å². The molecule has 98 valence electrons. The minimum atomic E-state index is -0.577. The number of halogens is 1. The molecule has 0 saturated carbocycles. The molecule has 1 aromatic rings. The molecule has 0 spiro atoms. The summed E-state index contributed by atoms with van der Waals surface area (Å²) in [6.07, 6.45) is -0.192. The first-order chi connectivity index (χ1) is 8.47. The van der Waals surface area contributed by atoms with E-state index in [9.17, 15) is 9.59 Å². The number of carbonyl (C=O) groups excluding carboxylic acids is 2. The van der Waals surface area contributed by atoms with E-state index in [0.29, 0.717) is 16.8 Å². The summed E-state index contributed by atoms with van der Waals surface area (Å²) in [6, 6.07) is 1.06. The summed E-state index contributed by atoms with van der Waals surface area (Å²) in [7, 11) is 0. The summed E-state index contributed by atoms with van der Waals surface area (Å²) >= 11 is 3.15. The molecule has 1 saturated heterocycles. The number of rotatable bonds is 3. The Hall–Kier alpha value is -1.37. The highest BCUT2D eigenvalue weighted by molar-refractivity contribution is 9.10. The van der Waals surface area contributed by atoms with Crippen LogP contribution in [0.2, 0.25) is 0 Å². The Bertz CT molecular complexity index is 473. The zero-order chi connectivity index (χ0) is 13.3. The Morgan fingerprint density at radius 1 is 1.72 bits per heavy atom. The number of carbonyl (C=O) groups is 2. The molecule has 0 radical (unpaired) electrons. The van der Waals surface area contributed by atoms with Crippen molar-refractivity contribution < 1.29 is 18.8 Å². The number of hydrogen-bond acceptors (Lipinski definition) is 5. The van der Waals surface area contributed by atoms with Crippen LogP contribution in [-0.4, -0.2) is 23.1 Å². The fraction of sp³-hybridized carbons (Fsp3) is 0.545. The van der Waals surface area contributed by atoms with Gasteiger partial charge in [0.25, 0.3) is 0 Å². The SMILES string of the molecule is CC(OC(=O)C1NC(=O)CC1C)c1cc(Br)no1. The predicted octanol–water partition coefficient (Wildman–Crippen LogP) is 1.57. The lowest BCUT2D eigenvalue weighted by Gasteiger charge is -2.16. The molecule has 1 amide bonds. The molecular formula is C11H13BrN2O4. The van der Waals surface area contributed by atoms with E-state index in [0.717, 1.165) is 0 Å². The van der Waals surface area contributed by atoms with Gasteiger partial charge in [0.1, 0.15) is 10.6 Å². The third-order valence-electron chi connectivity index (χ3n) is 2.84. The van der Waals surface area contributed by atoms with Gasteiger partial charge in [0.2, 0.25) is 5.91 Å². The van der Waals surface area contributed by atoms with Crippen molar-refractivity contribution >= 4 is 27.8 Å². The van der Waals surface area contributed by atoms with E-state index in [2.05, 4.69) is 26.4 Å². The molecule has 0 aromatic carbocycles. The van der Waals surface area contributed by atoms with Gasteiger partial charge in [-0.1, -0.05) is 12.1 Å². The van der Waals surface area contributed by atoms with E-state index in [1.165, 1.54) is 0 Å². The maximum Gasteiger partial charge on any atom is 0.329 e. The Balaban J connectivity index is 1.97. The van der Waals surface area contributed by atoms with Gasteiger partial charge in [0.15, 0.2) is 11.9 Å². The summed E-state index contributed by atoms with van der Waals surface area (Å²) in [4.78, 5) is 23.1. The predicted molar refractivity (Wildman–Crippen MR) is 64.4 cm³/mol. The molecule has 18 heavy (non-hydrogen) atoms. The number of amides is 1. The van der Waals surface area contributed by atoms with Crippen molar-refractivity contribution in [1.82, 2.24) is 10.5 Å². The lowest BCUT2D eigenvalue weighted by Crippen LogP contribution is -2.38. The monoisotopic (exact) mass is 316 g/mol. The topological polar surface area (TPSA) is 81.4 Å².